The molecule has 0 radical (unpaired) electrons. The van der Waals surface area contributed by atoms with Gasteiger partial charge in [-0.05, 0) is 16.7 Å². The van der Waals surface area contributed by atoms with Crippen LogP contribution in [-0.2, 0) is 0 Å². The first-order valence-corrected chi connectivity index (χ1v) is 5.08. The monoisotopic (exact) mass is 225 g/mol. The summed E-state index contributed by atoms with van der Waals surface area (Å²) < 4.78 is 0. The molecule has 0 aromatic heterocycles. The Bertz CT molecular complexity index is 556. The number of aromatic carboxylic acids is 1. The van der Waals surface area contributed by atoms with E-state index in [0.29, 0.717) is 5.56 Å². The lowest BCUT2D eigenvalue weighted by Crippen LogP contribution is -2.21. The summed E-state index contributed by atoms with van der Waals surface area (Å²) in [6, 6.07) is 13.4. The zero-order valence-electron chi connectivity index (χ0n) is 8.92. The van der Waals surface area contributed by atoms with Crippen LogP contribution in [0.3, 0.4) is 0 Å². The number of hydrogen-bond acceptors (Lipinski definition) is 3. The fraction of sp³-hybridized carbons (Fsp3) is 0. The average Bonchev–Trinajstić information content (AvgIpc) is 2.39. The highest BCUT2D eigenvalue weighted by atomic mass is 16.4. The molecule has 0 aliphatic heterocycles. The number of carbonyl (C=O) groups excluding carboxylic acids is 2. The third-order valence-electron chi connectivity index (χ3n) is 2.52. The van der Waals surface area contributed by atoms with E-state index in [0.717, 1.165) is 17.4 Å². The molecule has 0 unspecified atom stereocenters. The molecule has 0 saturated carbocycles. The number of carboxylic acids is 1. The minimum absolute atomic E-state index is 0.123. The van der Waals surface area contributed by atoms with Crippen molar-refractivity contribution in [1.29, 1.82) is 0 Å². The third kappa shape index (κ3) is 2.23. The van der Waals surface area contributed by atoms with Gasteiger partial charge in [0.05, 0.1) is 5.97 Å². The van der Waals surface area contributed by atoms with Crippen LogP contribution in [0, 0.1) is 0 Å². The van der Waals surface area contributed by atoms with Crippen LogP contribution in [0.15, 0.2) is 48.5 Å². The largest absolute Gasteiger partial charge is 0.545 e. The molecule has 0 aliphatic rings. The molecular formula is C14H9O3-. The third-order valence-corrected chi connectivity index (χ3v) is 2.52. The minimum Gasteiger partial charge on any atom is -0.545 e. The van der Waals surface area contributed by atoms with Gasteiger partial charge in [-0.3, -0.25) is 4.79 Å². The summed E-state index contributed by atoms with van der Waals surface area (Å²) in [6.45, 7) is 0. The van der Waals surface area contributed by atoms with Crippen LogP contribution in [0.1, 0.15) is 20.7 Å². The van der Waals surface area contributed by atoms with Crippen molar-refractivity contribution in [3.63, 3.8) is 0 Å². The molecule has 84 valence electrons. The van der Waals surface area contributed by atoms with Gasteiger partial charge in [0.2, 0.25) is 0 Å². The second-order valence-electron chi connectivity index (χ2n) is 3.57. The van der Waals surface area contributed by atoms with E-state index < -0.39 is 5.97 Å². The molecule has 2 aromatic carbocycles. The quantitative estimate of drug-likeness (QED) is 0.744. The zero-order chi connectivity index (χ0) is 12.3. The molecule has 0 aliphatic carbocycles. The summed E-state index contributed by atoms with van der Waals surface area (Å²) in [5.74, 6) is -1.21. The molecule has 0 spiro atoms. The van der Waals surface area contributed by atoms with Crippen molar-refractivity contribution >= 4 is 12.3 Å². The van der Waals surface area contributed by atoms with Crippen LogP contribution in [0.5, 0.6) is 0 Å². The molecule has 3 heteroatoms. The van der Waals surface area contributed by atoms with Gasteiger partial charge in [-0.25, -0.2) is 0 Å². The highest BCUT2D eigenvalue weighted by Crippen LogP contribution is 2.22. The number of carboxylic acid groups (broad SMARTS) is 1. The van der Waals surface area contributed by atoms with Gasteiger partial charge in [-0.2, -0.15) is 0 Å². The zero-order valence-corrected chi connectivity index (χ0v) is 8.92. The number of aldehydes is 1. The summed E-state index contributed by atoms with van der Waals surface area (Å²) in [6.07, 6.45) is 0.780. The van der Waals surface area contributed by atoms with Gasteiger partial charge in [-0.1, -0.05) is 48.5 Å². The van der Waals surface area contributed by atoms with Gasteiger partial charge in [0.25, 0.3) is 0 Å². The van der Waals surface area contributed by atoms with Crippen LogP contribution >= 0.6 is 0 Å². The van der Waals surface area contributed by atoms with Gasteiger partial charge in [-0.15, -0.1) is 0 Å². The SMILES string of the molecule is O=Cc1ccccc1-c1ccc(C(=O)[O-])cc1. The molecule has 0 atom stereocenters. The summed E-state index contributed by atoms with van der Waals surface area (Å²) in [5.41, 5.74) is 2.29. The number of rotatable bonds is 3. The van der Waals surface area contributed by atoms with Crippen molar-refractivity contribution < 1.29 is 14.7 Å². The smallest absolute Gasteiger partial charge is 0.150 e. The fourth-order valence-electron chi connectivity index (χ4n) is 1.65. The Morgan fingerprint density at radius 1 is 1.00 bits per heavy atom. The lowest BCUT2D eigenvalue weighted by molar-refractivity contribution is -0.255. The molecule has 2 rings (SSSR count). The maximum atomic E-state index is 10.9. The lowest BCUT2D eigenvalue weighted by Gasteiger charge is -2.06. The van der Waals surface area contributed by atoms with Crippen LogP contribution < -0.4 is 5.11 Å². The van der Waals surface area contributed by atoms with Crippen molar-refractivity contribution in [3.05, 3.63) is 59.7 Å². The Kier molecular flexibility index (Phi) is 3.01. The first kappa shape index (κ1) is 11.1. The normalized spacial score (nSPS) is 9.88. The Labute approximate surface area is 98.3 Å². The number of benzene rings is 2. The Hall–Kier alpha value is -2.42. The van der Waals surface area contributed by atoms with Gasteiger partial charge in [0.15, 0.2) is 6.29 Å². The Morgan fingerprint density at radius 3 is 2.24 bits per heavy atom. The fourth-order valence-corrected chi connectivity index (χ4v) is 1.65. The van der Waals surface area contributed by atoms with E-state index in [2.05, 4.69) is 0 Å². The summed E-state index contributed by atoms with van der Waals surface area (Å²) in [7, 11) is 0. The van der Waals surface area contributed by atoms with E-state index in [9.17, 15) is 14.7 Å². The molecular weight excluding hydrogens is 216 g/mol. The second-order valence-corrected chi connectivity index (χ2v) is 3.57. The Morgan fingerprint density at radius 2 is 1.65 bits per heavy atom. The summed E-state index contributed by atoms with van der Waals surface area (Å²) >= 11 is 0. The molecule has 17 heavy (non-hydrogen) atoms. The maximum absolute atomic E-state index is 10.9. The first-order valence-electron chi connectivity index (χ1n) is 5.08. The standard InChI is InChI=1S/C14H10O3/c15-9-12-3-1-2-4-13(12)10-5-7-11(8-6-10)14(16)17/h1-9H,(H,16,17)/p-1. The lowest BCUT2D eigenvalue weighted by atomic mass is 9.99. The van der Waals surface area contributed by atoms with E-state index in [-0.39, 0.29) is 5.56 Å². The van der Waals surface area contributed by atoms with Crippen molar-refractivity contribution in [2.75, 3.05) is 0 Å². The van der Waals surface area contributed by atoms with Crippen LogP contribution in [0.2, 0.25) is 0 Å². The Balaban J connectivity index is 2.46. The highest BCUT2D eigenvalue weighted by Gasteiger charge is 2.03. The molecule has 3 nitrogen and oxygen atoms in total. The number of hydrogen-bond donors (Lipinski definition) is 0. The topological polar surface area (TPSA) is 57.2 Å². The van der Waals surface area contributed by atoms with Gasteiger partial charge >= 0.3 is 0 Å². The first-order chi connectivity index (χ1) is 8.22. The molecule has 0 saturated heterocycles. The van der Waals surface area contributed by atoms with Crippen molar-refractivity contribution in [3.8, 4) is 11.1 Å². The summed E-state index contributed by atoms with van der Waals surface area (Å²) in [4.78, 5) is 21.5. The predicted molar refractivity (Wildman–Crippen MR) is 61.6 cm³/mol. The van der Waals surface area contributed by atoms with E-state index in [4.69, 9.17) is 0 Å². The molecule has 2 aromatic rings. The van der Waals surface area contributed by atoms with Crippen molar-refractivity contribution in [2.45, 2.75) is 0 Å². The predicted octanol–water partition coefficient (Wildman–Crippen LogP) is 1.53. The average molecular weight is 225 g/mol. The van der Waals surface area contributed by atoms with Crippen LogP contribution in [-0.4, -0.2) is 12.3 Å². The second kappa shape index (κ2) is 4.61. The van der Waals surface area contributed by atoms with E-state index in [1.165, 1.54) is 12.1 Å². The minimum atomic E-state index is -1.21. The number of carbonyl (C=O) groups is 2. The van der Waals surface area contributed by atoms with Gasteiger partial charge < -0.3 is 9.90 Å². The van der Waals surface area contributed by atoms with E-state index in [1.807, 2.05) is 12.1 Å². The van der Waals surface area contributed by atoms with Crippen molar-refractivity contribution in [1.82, 2.24) is 0 Å². The summed E-state index contributed by atoms with van der Waals surface area (Å²) in [5, 5.41) is 10.6. The maximum Gasteiger partial charge on any atom is 0.150 e. The molecule has 0 bridgehead atoms. The van der Waals surface area contributed by atoms with Gasteiger partial charge in [0.1, 0.15) is 0 Å². The molecule has 0 N–H and O–H groups in total. The van der Waals surface area contributed by atoms with E-state index >= 15 is 0 Å². The van der Waals surface area contributed by atoms with Gasteiger partial charge in [0, 0.05) is 5.56 Å². The molecule has 0 amide bonds. The van der Waals surface area contributed by atoms with E-state index in [1.54, 1.807) is 24.3 Å². The van der Waals surface area contributed by atoms with Crippen molar-refractivity contribution in [2.24, 2.45) is 0 Å². The molecule has 0 fully saturated rings. The van der Waals surface area contributed by atoms with Crippen LogP contribution in [0.25, 0.3) is 11.1 Å². The van der Waals surface area contributed by atoms with Crippen LogP contribution in [0.4, 0.5) is 0 Å². The highest BCUT2D eigenvalue weighted by molar-refractivity contribution is 5.89. The molecule has 0 heterocycles.